The number of thiophene rings is 1. The Morgan fingerprint density at radius 1 is 1.33 bits per heavy atom. The number of piperidine rings is 1. The van der Waals surface area contributed by atoms with Gasteiger partial charge in [0.05, 0.1) is 4.88 Å². The lowest BCUT2D eigenvalue weighted by Gasteiger charge is -2.33. The predicted octanol–water partition coefficient (Wildman–Crippen LogP) is 4.66. The molecule has 3 heterocycles. The third-order valence-corrected chi connectivity index (χ3v) is 6.87. The van der Waals surface area contributed by atoms with Crippen LogP contribution in [-0.4, -0.2) is 44.7 Å². The summed E-state index contributed by atoms with van der Waals surface area (Å²) in [5.41, 5.74) is 1.26. The van der Waals surface area contributed by atoms with E-state index in [2.05, 4.69) is 32.5 Å². The molecular formula is C21H24ClN5OS2. The maximum atomic E-state index is 12.9. The fourth-order valence-corrected chi connectivity index (χ4v) is 4.89. The summed E-state index contributed by atoms with van der Waals surface area (Å²) in [4.78, 5) is 16.3. The molecule has 1 aliphatic heterocycles. The van der Waals surface area contributed by atoms with Crippen molar-refractivity contribution in [2.24, 2.45) is 0 Å². The van der Waals surface area contributed by atoms with Gasteiger partial charge in [-0.05, 0) is 61.1 Å². The van der Waals surface area contributed by atoms with Crippen molar-refractivity contribution in [3.63, 3.8) is 0 Å². The van der Waals surface area contributed by atoms with E-state index < -0.39 is 6.04 Å². The number of amides is 1. The van der Waals surface area contributed by atoms with Crippen molar-refractivity contribution in [2.75, 3.05) is 13.1 Å². The standard InChI is InChI=1S/C21H24ClN5OS2/c1-14(27-19(24-25-21(27)29)18-3-2-12-30-18)20(28)23-17-8-10-26(11-9-17)13-15-4-6-16(22)7-5-15/h2-7,12,14,17H,8-11,13H2,1H3,(H,23,28)(H,25,29). The van der Waals surface area contributed by atoms with E-state index >= 15 is 0 Å². The fourth-order valence-electron chi connectivity index (χ4n) is 3.77. The first-order valence-electron chi connectivity index (χ1n) is 9.99. The number of carbonyl (C=O) groups excluding carboxylic acids is 1. The molecule has 1 atom stereocenters. The summed E-state index contributed by atoms with van der Waals surface area (Å²) in [6, 6.07) is 11.7. The molecule has 1 aliphatic rings. The maximum absolute atomic E-state index is 12.9. The van der Waals surface area contributed by atoms with Crippen LogP contribution in [0.25, 0.3) is 10.7 Å². The second kappa shape index (κ2) is 9.43. The highest BCUT2D eigenvalue weighted by atomic mass is 35.5. The number of halogens is 1. The Morgan fingerprint density at radius 2 is 2.07 bits per heavy atom. The lowest BCUT2D eigenvalue weighted by molar-refractivity contribution is -0.124. The number of likely N-dealkylation sites (tertiary alicyclic amines) is 1. The normalized spacial score (nSPS) is 16.5. The number of aromatic nitrogens is 3. The van der Waals surface area contributed by atoms with Gasteiger partial charge in [-0.1, -0.05) is 29.8 Å². The highest BCUT2D eigenvalue weighted by Gasteiger charge is 2.26. The number of benzene rings is 1. The number of hydrogen-bond acceptors (Lipinski definition) is 5. The Bertz CT molecular complexity index is 1040. The zero-order valence-electron chi connectivity index (χ0n) is 16.7. The van der Waals surface area contributed by atoms with Crippen LogP contribution in [0.2, 0.25) is 5.02 Å². The van der Waals surface area contributed by atoms with Gasteiger partial charge in [0.1, 0.15) is 6.04 Å². The first-order chi connectivity index (χ1) is 14.5. The summed E-state index contributed by atoms with van der Waals surface area (Å²) in [6.07, 6.45) is 1.86. The summed E-state index contributed by atoms with van der Waals surface area (Å²) >= 11 is 12.9. The molecule has 158 valence electrons. The van der Waals surface area contributed by atoms with Gasteiger partial charge in [0.2, 0.25) is 5.91 Å². The third kappa shape index (κ3) is 4.83. The minimum Gasteiger partial charge on any atom is -0.351 e. The van der Waals surface area contributed by atoms with Crippen molar-refractivity contribution in [1.29, 1.82) is 0 Å². The predicted molar refractivity (Wildman–Crippen MR) is 123 cm³/mol. The summed E-state index contributed by atoms with van der Waals surface area (Å²) in [6.45, 7) is 4.68. The monoisotopic (exact) mass is 461 g/mol. The average Bonchev–Trinajstić information content (AvgIpc) is 3.40. The minimum absolute atomic E-state index is 0.0264. The van der Waals surface area contributed by atoms with E-state index in [1.807, 2.05) is 36.6 Å². The summed E-state index contributed by atoms with van der Waals surface area (Å²) in [7, 11) is 0. The van der Waals surface area contributed by atoms with Gasteiger partial charge in [-0.15, -0.1) is 11.3 Å². The smallest absolute Gasteiger partial charge is 0.243 e. The van der Waals surface area contributed by atoms with Crippen LogP contribution in [0.4, 0.5) is 0 Å². The number of rotatable bonds is 6. The van der Waals surface area contributed by atoms with Crippen LogP contribution in [0.5, 0.6) is 0 Å². The molecule has 0 saturated carbocycles. The molecule has 6 nitrogen and oxygen atoms in total. The fraction of sp³-hybridized carbons (Fsp3) is 0.381. The van der Waals surface area contributed by atoms with Crippen molar-refractivity contribution >= 4 is 41.1 Å². The van der Waals surface area contributed by atoms with Crippen LogP contribution in [0.15, 0.2) is 41.8 Å². The van der Waals surface area contributed by atoms with Gasteiger partial charge in [-0.25, -0.2) is 0 Å². The zero-order valence-corrected chi connectivity index (χ0v) is 19.1. The molecule has 1 aromatic carbocycles. The second-order valence-corrected chi connectivity index (χ2v) is 9.33. The number of carbonyl (C=O) groups is 1. The molecule has 9 heteroatoms. The summed E-state index contributed by atoms with van der Waals surface area (Å²) < 4.78 is 2.26. The molecule has 0 spiro atoms. The molecule has 0 aliphatic carbocycles. The van der Waals surface area contributed by atoms with Crippen molar-refractivity contribution in [2.45, 2.75) is 38.4 Å². The lowest BCUT2D eigenvalue weighted by Crippen LogP contribution is -2.46. The Morgan fingerprint density at radius 3 is 2.73 bits per heavy atom. The second-order valence-electron chi connectivity index (χ2n) is 7.56. The molecule has 2 aromatic heterocycles. The van der Waals surface area contributed by atoms with E-state index in [-0.39, 0.29) is 11.9 Å². The van der Waals surface area contributed by atoms with Crippen molar-refractivity contribution in [3.05, 3.63) is 57.1 Å². The molecule has 1 saturated heterocycles. The lowest BCUT2D eigenvalue weighted by atomic mass is 10.0. The van der Waals surface area contributed by atoms with Crippen molar-refractivity contribution < 1.29 is 4.79 Å². The van der Waals surface area contributed by atoms with Gasteiger partial charge >= 0.3 is 0 Å². The molecule has 1 unspecified atom stereocenters. The van der Waals surface area contributed by atoms with Gasteiger partial charge in [-0.3, -0.25) is 19.4 Å². The number of hydrogen-bond donors (Lipinski definition) is 2. The largest absolute Gasteiger partial charge is 0.351 e. The van der Waals surface area contributed by atoms with E-state index in [1.54, 1.807) is 15.9 Å². The molecule has 3 aromatic rings. The molecule has 1 fully saturated rings. The highest BCUT2D eigenvalue weighted by Crippen LogP contribution is 2.26. The molecule has 4 rings (SSSR count). The van der Waals surface area contributed by atoms with Crippen LogP contribution in [0.3, 0.4) is 0 Å². The van der Waals surface area contributed by atoms with Crippen LogP contribution in [0, 0.1) is 4.77 Å². The van der Waals surface area contributed by atoms with Crippen molar-refractivity contribution in [1.82, 2.24) is 25.0 Å². The third-order valence-electron chi connectivity index (χ3n) is 5.47. The van der Waals surface area contributed by atoms with E-state index in [0.29, 0.717) is 10.6 Å². The Hall–Kier alpha value is -2.00. The van der Waals surface area contributed by atoms with Crippen LogP contribution >= 0.6 is 35.2 Å². The SMILES string of the molecule is CC(C(=O)NC1CCN(Cc2ccc(Cl)cc2)CC1)n1c(-c2cccs2)n[nH]c1=S. The van der Waals surface area contributed by atoms with Gasteiger partial charge in [-0.2, -0.15) is 5.10 Å². The number of aromatic amines is 1. The van der Waals surface area contributed by atoms with E-state index in [0.717, 1.165) is 42.4 Å². The first-order valence-corrected chi connectivity index (χ1v) is 11.7. The van der Waals surface area contributed by atoms with Crippen LogP contribution in [0.1, 0.15) is 31.4 Å². The Labute approximate surface area is 189 Å². The zero-order chi connectivity index (χ0) is 21.1. The summed E-state index contributed by atoms with van der Waals surface area (Å²) in [5, 5.41) is 13.1. The molecule has 0 radical (unpaired) electrons. The quantitative estimate of drug-likeness (QED) is 0.524. The summed E-state index contributed by atoms with van der Waals surface area (Å²) in [5.74, 6) is 0.678. The van der Waals surface area contributed by atoms with Gasteiger partial charge in [0.15, 0.2) is 10.6 Å². The van der Waals surface area contributed by atoms with Gasteiger partial charge < -0.3 is 5.32 Å². The van der Waals surface area contributed by atoms with Gasteiger partial charge in [0.25, 0.3) is 0 Å². The van der Waals surface area contributed by atoms with E-state index in [1.165, 1.54) is 5.56 Å². The average molecular weight is 462 g/mol. The Kier molecular flexibility index (Phi) is 6.67. The highest BCUT2D eigenvalue weighted by molar-refractivity contribution is 7.71. The molecule has 2 N–H and O–H groups in total. The Balaban J connectivity index is 1.34. The molecule has 0 bridgehead atoms. The topological polar surface area (TPSA) is 66.0 Å². The number of nitrogens with zero attached hydrogens (tertiary/aromatic N) is 3. The molecule has 30 heavy (non-hydrogen) atoms. The van der Waals surface area contributed by atoms with E-state index in [9.17, 15) is 4.79 Å². The van der Waals surface area contributed by atoms with Crippen molar-refractivity contribution in [3.8, 4) is 10.7 Å². The number of nitrogens with one attached hydrogen (secondary N) is 2. The van der Waals surface area contributed by atoms with Crippen LogP contribution in [-0.2, 0) is 11.3 Å². The van der Waals surface area contributed by atoms with Gasteiger partial charge in [0, 0.05) is 30.7 Å². The van der Waals surface area contributed by atoms with Crippen LogP contribution < -0.4 is 5.32 Å². The number of H-pyrrole nitrogens is 1. The minimum atomic E-state index is -0.430. The molecule has 1 amide bonds. The first kappa shape index (κ1) is 21.2. The molecular weight excluding hydrogens is 438 g/mol. The van der Waals surface area contributed by atoms with E-state index in [4.69, 9.17) is 23.8 Å². The maximum Gasteiger partial charge on any atom is 0.243 e.